The van der Waals surface area contributed by atoms with Crippen molar-refractivity contribution in [3.63, 3.8) is 0 Å². The van der Waals surface area contributed by atoms with E-state index in [1.165, 1.54) is 0 Å². The Hall–Kier alpha value is -3.53. The monoisotopic (exact) mass is 548 g/mol. The van der Waals surface area contributed by atoms with E-state index in [0.29, 0.717) is 35.5 Å². The van der Waals surface area contributed by atoms with Gasteiger partial charge in [-0.05, 0) is 75.2 Å². The van der Waals surface area contributed by atoms with E-state index in [0.717, 1.165) is 24.2 Å². The molecule has 0 radical (unpaired) electrons. The predicted octanol–water partition coefficient (Wildman–Crippen LogP) is 3.53. The fourth-order valence-electron chi connectivity index (χ4n) is 4.99. The molecule has 0 saturated carbocycles. The number of nitrogens with one attached hydrogen (secondary N) is 2. The van der Waals surface area contributed by atoms with Gasteiger partial charge in [0.25, 0.3) is 5.91 Å². The van der Waals surface area contributed by atoms with E-state index >= 15 is 0 Å². The summed E-state index contributed by atoms with van der Waals surface area (Å²) >= 11 is 0. The summed E-state index contributed by atoms with van der Waals surface area (Å²) in [5.41, 5.74) is 4.07. The molecule has 2 N–H and O–H groups in total. The maximum absolute atomic E-state index is 13.5. The number of piperazine rings is 1. The molecule has 1 aliphatic rings. The zero-order chi connectivity index (χ0) is 28.2. The van der Waals surface area contributed by atoms with Crippen LogP contribution in [0.5, 0.6) is 0 Å². The zero-order valence-corrected chi connectivity index (χ0v) is 23.7. The van der Waals surface area contributed by atoms with Crippen LogP contribution in [0.3, 0.4) is 0 Å². The molecule has 2 amide bonds. The van der Waals surface area contributed by atoms with E-state index in [1.807, 2.05) is 61.3 Å². The average molecular weight is 549 g/mol. The van der Waals surface area contributed by atoms with Crippen molar-refractivity contribution in [3.05, 3.63) is 94.5 Å². The second-order valence-corrected chi connectivity index (χ2v) is 11.9. The Morgan fingerprint density at radius 1 is 0.872 bits per heavy atom. The lowest BCUT2D eigenvalue weighted by molar-refractivity contribution is -0.117. The third kappa shape index (κ3) is 7.11. The number of anilines is 1. The minimum absolute atomic E-state index is 0.0421. The molecule has 0 spiro atoms. The summed E-state index contributed by atoms with van der Waals surface area (Å²) < 4.78 is 29.6. The number of hydrogen-bond donors (Lipinski definition) is 2. The Morgan fingerprint density at radius 3 is 2.05 bits per heavy atom. The number of sulfonamides is 1. The standard InChI is InChI=1S/C30H36N4O4S/c1-21-18-22(2)28(23(3)19-21)39(37,38)32-27(20-24-8-6-5-7-9-24)29(35)31-26-12-10-25(11-13-26)30(36)34-16-14-33(4)15-17-34/h5-13,18-19,27,32H,14-17,20H2,1-4H3,(H,31,35)/t27-/m1/s1. The van der Waals surface area contributed by atoms with Crippen LogP contribution >= 0.6 is 0 Å². The molecule has 1 saturated heterocycles. The van der Waals surface area contributed by atoms with Crippen LogP contribution in [0.4, 0.5) is 5.69 Å². The van der Waals surface area contributed by atoms with Crippen molar-refractivity contribution in [2.24, 2.45) is 0 Å². The van der Waals surface area contributed by atoms with Crippen molar-refractivity contribution in [2.75, 3.05) is 38.5 Å². The van der Waals surface area contributed by atoms with Crippen molar-refractivity contribution in [1.29, 1.82) is 0 Å². The quantitative estimate of drug-likeness (QED) is 0.449. The van der Waals surface area contributed by atoms with E-state index in [9.17, 15) is 18.0 Å². The molecule has 1 atom stereocenters. The Balaban J connectivity index is 1.53. The van der Waals surface area contributed by atoms with Crippen molar-refractivity contribution in [1.82, 2.24) is 14.5 Å². The lowest BCUT2D eigenvalue weighted by Crippen LogP contribution is -2.47. The van der Waals surface area contributed by atoms with E-state index < -0.39 is 22.0 Å². The predicted molar refractivity (Wildman–Crippen MR) is 153 cm³/mol. The molecule has 1 heterocycles. The van der Waals surface area contributed by atoms with Crippen molar-refractivity contribution in [2.45, 2.75) is 38.1 Å². The summed E-state index contributed by atoms with van der Waals surface area (Å²) in [6.45, 7) is 8.45. The molecule has 8 nitrogen and oxygen atoms in total. The molecule has 0 bridgehead atoms. The number of benzene rings is 3. The molecule has 0 aliphatic carbocycles. The molecule has 1 aliphatic heterocycles. The van der Waals surface area contributed by atoms with Crippen molar-refractivity contribution < 1.29 is 18.0 Å². The first-order chi connectivity index (χ1) is 18.5. The maximum Gasteiger partial charge on any atom is 0.253 e. The van der Waals surface area contributed by atoms with Gasteiger partial charge in [-0.25, -0.2) is 8.42 Å². The largest absolute Gasteiger partial charge is 0.336 e. The molecule has 39 heavy (non-hydrogen) atoms. The van der Waals surface area contributed by atoms with Gasteiger partial charge in [0.1, 0.15) is 6.04 Å². The minimum Gasteiger partial charge on any atom is -0.336 e. The third-order valence-electron chi connectivity index (χ3n) is 6.96. The number of nitrogens with zero attached hydrogens (tertiary/aromatic N) is 2. The molecular weight excluding hydrogens is 512 g/mol. The first-order valence-electron chi connectivity index (χ1n) is 13.1. The van der Waals surface area contributed by atoms with Gasteiger partial charge in [0.15, 0.2) is 0 Å². The molecule has 3 aromatic carbocycles. The summed E-state index contributed by atoms with van der Waals surface area (Å²) in [5.74, 6) is -0.525. The van der Waals surface area contributed by atoms with E-state index in [2.05, 4.69) is 14.9 Å². The SMILES string of the molecule is Cc1cc(C)c(S(=O)(=O)N[C@H](Cc2ccccc2)C(=O)Nc2ccc(C(=O)N3CCN(C)CC3)cc2)c(C)c1. The fraction of sp³-hybridized carbons (Fsp3) is 0.333. The molecule has 1 fully saturated rings. The van der Waals surface area contributed by atoms with E-state index in [-0.39, 0.29) is 17.2 Å². The van der Waals surface area contributed by atoms with Crippen molar-refractivity contribution in [3.8, 4) is 0 Å². The Labute approximate surface area is 231 Å². The first kappa shape index (κ1) is 28.5. The summed E-state index contributed by atoms with van der Waals surface area (Å²) in [6, 6.07) is 18.6. The molecule has 0 aromatic heterocycles. The molecule has 0 unspecified atom stereocenters. The highest BCUT2D eigenvalue weighted by Gasteiger charge is 2.29. The summed E-state index contributed by atoms with van der Waals surface area (Å²) in [6.07, 6.45) is 0.176. The number of amides is 2. The van der Waals surface area contributed by atoms with Crippen LogP contribution < -0.4 is 10.0 Å². The molecule has 4 rings (SSSR count). The number of carbonyl (C=O) groups excluding carboxylic acids is 2. The Morgan fingerprint density at radius 2 is 1.46 bits per heavy atom. The topological polar surface area (TPSA) is 98.8 Å². The van der Waals surface area contributed by atoms with Crippen molar-refractivity contribution >= 4 is 27.5 Å². The van der Waals surface area contributed by atoms with Gasteiger partial charge in [-0.15, -0.1) is 0 Å². The van der Waals surface area contributed by atoms with Gasteiger partial charge in [-0.1, -0.05) is 48.0 Å². The highest BCUT2D eigenvalue weighted by atomic mass is 32.2. The van der Waals surface area contributed by atoms with Gasteiger partial charge in [0.2, 0.25) is 15.9 Å². The normalized spacial score (nSPS) is 15.1. The maximum atomic E-state index is 13.5. The number of aryl methyl sites for hydroxylation is 3. The Kier molecular flexibility index (Phi) is 8.84. The van der Waals surface area contributed by atoms with Crippen LogP contribution in [0.1, 0.15) is 32.6 Å². The van der Waals surface area contributed by atoms with Gasteiger partial charge in [-0.2, -0.15) is 4.72 Å². The van der Waals surface area contributed by atoms with Crippen LogP contribution in [0.25, 0.3) is 0 Å². The smallest absolute Gasteiger partial charge is 0.253 e. The fourth-order valence-corrected chi connectivity index (χ4v) is 6.64. The summed E-state index contributed by atoms with van der Waals surface area (Å²) in [7, 11) is -1.96. The van der Waals surface area contributed by atoms with Crippen LogP contribution in [0.15, 0.2) is 71.6 Å². The Bertz CT molecular complexity index is 1410. The van der Waals surface area contributed by atoms with Gasteiger partial charge >= 0.3 is 0 Å². The zero-order valence-electron chi connectivity index (χ0n) is 22.9. The molecular formula is C30H36N4O4S. The summed E-state index contributed by atoms with van der Waals surface area (Å²) in [4.78, 5) is 30.5. The van der Waals surface area contributed by atoms with Crippen LogP contribution in [0.2, 0.25) is 0 Å². The van der Waals surface area contributed by atoms with Crippen LogP contribution in [-0.2, 0) is 21.2 Å². The average Bonchev–Trinajstić information content (AvgIpc) is 2.88. The van der Waals surface area contributed by atoms with Crippen LogP contribution in [0, 0.1) is 20.8 Å². The highest BCUT2D eigenvalue weighted by molar-refractivity contribution is 7.89. The van der Waals surface area contributed by atoms with E-state index in [1.54, 1.807) is 38.1 Å². The number of rotatable bonds is 8. The molecule has 206 valence electrons. The van der Waals surface area contributed by atoms with E-state index in [4.69, 9.17) is 0 Å². The molecule has 9 heteroatoms. The van der Waals surface area contributed by atoms with Crippen LogP contribution in [-0.4, -0.2) is 69.3 Å². The number of hydrogen-bond acceptors (Lipinski definition) is 5. The number of carbonyl (C=O) groups is 2. The highest BCUT2D eigenvalue weighted by Crippen LogP contribution is 2.23. The number of likely N-dealkylation sites (N-methyl/N-ethyl adjacent to an activating group) is 1. The second-order valence-electron chi connectivity index (χ2n) is 10.3. The summed E-state index contributed by atoms with van der Waals surface area (Å²) in [5, 5.41) is 2.83. The van der Waals surface area contributed by atoms with Gasteiger partial charge in [-0.3, -0.25) is 9.59 Å². The lowest BCUT2D eigenvalue weighted by atomic mass is 10.1. The minimum atomic E-state index is -3.99. The lowest BCUT2D eigenvalue weighted by Gasteiger charge is -2.32. The van der Waals surface area contributed by atoms with Gasteiger partial charge < -0.3 is 15.1 Å². The van der Waals surface area contributed by atoms with Gasteiger partial charge in [0, 0.05) is 37.4 Å². The second kappa shape index (κ2) is 12.1. The molecule has 3 aromatic rings. The first-order valence-corrected chi connectivity index (χ1v) is 14.5. The van der Waals surface area contributed by atoms with Gasteiger partial charge in [0.05, 0.1) is 4.90 Å². The third-order valence-corrected chi connectivity index (χ3v) is 8.74.